The smallest absolute Gasteiger partial charge is 0.318 e. The summed E-state index contributed by atoms with van der Waals surface area (Å²) in [4.78, 5) is 14.8. The van der Waals surface area contributed by atoms with Crippen molar-refractivity contribution in [1.29, 1.82) is 0 Å². The second kappa shape index (κ2) is 5.04. The second-order valence-electron chi connectivity index (χ2n) is 7.21. The molecule has 3 fully saturated rings. The summed E-state index contributed by atoms with van der Waals surface area (Å²) in [7, 11) is 0. The minimum Gasteiger partial charge on any atom is -0.332 e. The van der Waals surface area contributed by atoms with Gasteiger partial charge in [0.15, 0.2) is 0 Å². The fourth-order valence-electron chi connectivity index (χ4n) is 4.17. The number of hydrogen-bond donors (Lipinski definition) is 1. The average molecular weight is 284 g/mol. The molecule has 0 aromatic heterocycles. The highest BCUT2D eigenvalue weighted by Gasteiger charge is 2.46. The van der Waals surface area contributed by atoms with Crippen LogP contribution in [0, 0.1) is 5.92 Å². The highest BCUT2D eigenvalue weighted by molar-refractivity contribution is 5.76. The predicted molar refractivity (Wildman–Crippen MR) is 83.1 cm³/mol. The molecule has 1 heterocycles. The predicted octanol–water partition coefficient (Wildman–Crippen LogP) is 3.35. The molecule has 0 unspecified atom stereocenters. The van der Waals surface area contributed by atoms with Crippen molar-refractivity contribution in [3.63, 3.8) is 0 Å². The Hall–Kier alpha value is -1.51. The molecular weight excluding hydrogens is 260 g/mol. The number of nitrogens with one attached hydrogen (secondary N) is 1. The zero-order chi connectivity index (χ0) is 14.3. The Morgan fingerprint density at radius 3 is 2.76 bits per heavy atom. The number of carbonyl (C=O) groups is 1. The van der Waals surface area contributed by atoms with Crippen molar-refractivity contribution >= 4 is 6.03 Å². The van der Waals surface area contributed by atoms with Crippen LogP contribution in [0.15, 0.2) is 30.3 Å². The molecule has 2 amide bonds. The third-order valence-corrected chi connectivity index (χ3v) is 5.52. The summed E-state index contributed by atoms with van der Waals surface area (Å²) >= 11 is 0. The molecule has 0 spiro atoms. The number of likely N-dealkylation sites (tertiary alicyclic amines) is 1. The molecule has 1 aromatic rings. The zero-order valence-electron chi connectivity index (χ0n) is 12.6. The molecule has 0 radical (unpaired) electrons. The lowest BCUT2D eigenvalue weighted by Gasteiger charge is -2.28. The monoisotopic (exact) mass is 284 g/mol. The number of rotatable bonds is 3. The Balaban J connectivity index is 1.40. The summed E-state index contributed by atoms with van der Waals surface area (Å²) < 4.78 is 0. The lowest BCUT2D eigenvalue weighted by Crippen LogP contribution is -2.48. The molecule has 2 bridgehead atoms. The van der Waals surface area contributed by atoms with E-state index in [-0.39, 0.29) is 11.6 Å². The van der Waals surface area contributed by atoms with E-state index in [2.05, 4.69) is 34.5 Å². The van der Waals surface area contributed by atoms with Gasteiger partial charge in [-0.2, -0.15) is 0 Å². The van der Waals surface area contributed by atoms with E-state index in [9.17, 15) is 4.79 Å². The van der Waals surface area contributed by atoms with E-state index in [4.69, 9.17) is 0 Å². The molecule has 2 aliphatic carbocycles. The van der Waals surface area contributed by atoms with Crippen LogP contribution >= 0.6 is 0 Å². The van der Waals surface area contributed by atoms with Crippen molar-refractivity contribution in [2.24, 2.45) is 5.92 Å². The largest absolute Gasteiger partial charge is 0.332 e. The fraction of sp³-hybridized carbons (Fsp3) is 0.611. The third kappa shape index (κ3) is 2.66. The standard InChI is InChI=1S/C18H24N2O/c21-17(20-13-15-7-4-8-16(20)11-15)19-18(9-10-18)12-14-5-2-1-3-6-14/h1-3,5-6,15-16H,4,7-13H2,(H,19,21)/t15-,16+/m1/s1. The minimum absolute atomic E-state index is 0.0368. The maximum atomic E-state index is 12.6. The Labute approximate surface area is 126 Å². The summed E-state index contributed by atoms with van der Waals surface area (Å²) in [6, 6.07) is 11.2. The van der Waals surface area contributed by atoms with E-state index >= 15 is 0 Å². The molecule has 1 N–H and O–H groups in total. The molecular formula is C18H24N2O. The van der Waals surface area contributed by atoms with Gasteiger partial charge in [-0.25, -0.2) is 4.79 Å². The first-order chi connectivity index (χ1) is 10.2. The van der Waals surface area contributed by atoms with Crippen LogP contribution in [0.2, 0.25) is 0 Å². The quantitative estimate of drug-likeness (QED) is 0.907. The van der Waals surface area contributed by atoms with Crippen molar-refractivity contribution < 1.29 is 4.79 Å². The van der Waals surface area contributed by atoms with Gasteiger partial charge in [-0.05, 0) is 50.0 Å². The minimum atomic E-state index is 0.0368. The van der Waals surface area contributed by atoms with Crippen LogP contribution in [0.4, 0.5) is 4.79 Å². The number of fused-ring (bicyclic) bond motifs is 2. The van der Waals surface area contributed by atoms with Gasteiger partial charge in [0.1, 0.15) is 0 Å². The van der Waals surface area contributed by atoms with E-state index in [0.29, 0.717) is 6.04 Å². The van der Waals surface area contributed by atoms with Gasteiger partial charge >= 0.3 is 6.03 Å². The van der Waals surface area contributed by atoms with Crippen LogP contribution < -0.4 is 5.32 Å². The normalized spacial score (nSPS) is 29.2. The molecule has 1 aromatic carbocycles. The van der Waals surface area contributed by atoms with E-state index < -0.39 is 0 Å². The van der Waals surface area contributed by atoms with E-state index in [0.717, 1.165) is 31.7 Å². The van der Waals surface area contributed by atoms with E-state index in [1.807, 2.05) is 6.07 Å². The maximum absolute atomic E-state index is 12.6. The van der Waals surface area contributed by atoms with Gasteiger partial charge < -0.3 is 10.2 Å². The molecule has 4 rings (SSSR count). The first-order valence-electron chi connectivity index (χ1n) is 8.37. The molecule has 2 atom stereocenters. The number of urea groups is 1. The highest BCUT2D eigenvalue weighted by Crippen LogP contribution is 2.40. The van der Waals surface area contributed by atoms with Gasteiger partial charge in [-0.15, -0.1) is 0 Å². The first kappa shape index (κ1) is 13.2. The lowest BCUT2D eigenvalue weighted by molar-refractivity contribution is 0.185. The molecule has 21 heavy (non-hydrogen) atoms. The topological polar surface area (TPSA) is 32.3 Å². The Morgan fingerprint density at radius 1 is 1.24 bits per heavy atom. The van der Waals surface area contributed by atoms with Crippen molar-refractivity contribution in [3.8, 4) is 0 Å². The molecule has 2 saturated carbocycles. The summed E-state index contributed by atoms with van der Waals surface area (Å²) in [5.41, 5.74) is 1.37. The lowest BCUT2D eigenvalue weighted by atomic mass is 9.90. The van der Waals surface area contributed by atoms with Gasteiger partial charge in [0.05, 0.1) is 0 Å². The zero-order valence-corrected chi connectivity index (χ0v) is 12.6. The number of benzene rings is 1. The highest BCUT2D eigenvalue weighted by atomic mass is 16.2. The van der Waals surface area contributed by atoms with E-state index in [1.165, 1.54) is 31.2 Å². The van der Waals surface area contributed by atoms with Crippen molar-refractivity contribution in [3.05, 3.63) is 35.9 Å². The molecule has 112 valence electrons. The van der Waals surface area contributed by atoms with Crippen LogP contribution in [-0.2, 0) is 6.42 Å². The van der Waals surface area contributed by atoms with Crippen LogP contribution in [0.5, 0.6) is 0 Å². The third-order valence-electron chi connectivity index (χ3n) is 5.52. The van der Waals surface area contributed by atoms with Gasteiger partial charge in [0, 0.05) is 18.1 Å². The summed E-state index contributed by atoms with van der Waals surface area (Å²) in [6.45, 7) is 0.984. The van der Waals surface area contributed by atoms with Crippen LogP contribution in [0.3, 0.4) is 0 Å². The number of carbonyl (C=O) groups excluding carboxylic acids is 1. The molecule has 1 aliphatic heterocycles. The molecule has 3 nitrogen and oxygen atoms in total. The van der Waals surface area contributed by atoms with Crippen LogP contribution in [0.1, 0.15) is 44.1 Å². The van der Waals surface area contributed by atoms with Gasteiger partial charge in [-0.1, -0.05) is 36.8 Å². The maximum Gasteiger partial charge on any atom is 0.318 e. The van der Waals surface area contributed by atoms with E-state index in [1.54, 1.807) is 0 Å². The SMILES string of the molecule is O=C(NC1(Cc2ccccc2)CC1)N1C[C@@H]2CCC[C@H]1C2. The summed E-state index contributed by atoms with van der Waals surface area (Å²) in [6.07, 6.45) is 8.27. The van der Waals surface area contributed by atoms with Gasteiger partial charge in [-0.3, -0.25) is 0 Å². The first-order valence-corrected chi connectivity index (χ1v) is 8.37. The van der Waals surface area contributed by atoms with Crippen molar-refractivity contribution in [2.75, 3.05) is 6.54 Å². The van der Waals surface area contributed by atoms with Crippen LogP contribution in [-0.4, -0.2) is 29.1 Å². The number of nitrogens with zero attached hydrogens (tertiary/aromatic N) is 1. The Bertz CT molecular complexity index is 523. The fourth-order valence-corrected chi connectivity index (χ4v) is 4.17. The average Bonchev–Trinajstić information content (AvgIpc) is 3.18. The van der Waals surface area contributed by atoms with Gasteiger partial charge in [0.2, 0.25) is 0 Å². The number of hydrogen-bond acceptors (Lipinski definition) is 1. The Morgan fingerprint density at radius 2 is 2.05 bits per heavy atom. The molecule has 3 aliphatic rings. The second-order valence-corrected chi connectivity index (χ2v) is 7.21. The Kier molecular flexibility index (Phi) is 3.16. The van der Waals surface area contributed by atoms with Gasteiger partial charge in [0.25, 0.3) is 0 Å². The van der Waals surface area contributed by atoms with Crippen LogP contribution in [0.25, 0.3) is 0 Å². The summed E-state index contributed by atoms with van der Waals surface area (Å²) in [5, 5.41) is 3.36. The van der Waals surface area contributed by atoms with Crippen molar-refractivity contribution in [1.82, 2.24) is 10.2 Å². The van der Waals surface area contributed by atoms with Crippen molar-refractivity contribution in [2.45, 2.75) is 56.5 Å². The molecule has 1 saturated heterocycles. The number of amides is 2. The molecule has 3 heteroatoms. The summed E-state index contributed by atoms with van der Waals surface area (Å²) in [5.74, 6) is 0.763.